The lowest BCUT2D eigenvalue weighted by molar-refractivity contribution is -0.384. The highest BCUT2D eigenvalue weighted by atomic mass is 16.6. The second kappa shape index (κ2) is 4.75. The smallest absolute Gasteiger partial charge is 0.292 e. The molecular weight excluding hydrogens is 196 g/mol. The Balaban J connectivity index is 2.91. The van der Waals surface area contributed by atoms with Gasteiger partial charge in [0.1, 0.15) is 5.69 Å². The molecule has 1 rings (SSSR count). The van der Waals surface area contributed by atoms with Crippen LogP contribution in [0.15, 0.2) is 18.2 Å². The summed E-state index contributed by atoms with van der Waals surface area (Å²) in [6, 6.07) is 4.94. The van der Waals surface area contributed by atoms with Crippen LogP contribution in [0.4, 0.5) is 11.4 Å². The van der Waals surface area contributed by atoms with Gasteiger partial charge in [-0.15, -0.1) is 0 Å². The Hall–Kier alpha value is -1.62. The van der Waals surface area contributed by atoms with Gasteiger partial charge in [-0.3, -0.25) is 10.1 Å². The molecule has 1 atom stereocenters. The summed E-state index contributed by atoms with van der Waals surface area (Å²) in [5, 5.41) is 22.6. The van der Waals surface area contributed by atoms with Crippen LogP contribution in [0.25, 0.3) is 0 Å². The van der Waals surface area contributed by atoms with Crippen LogP contribution in [0, 0.1) is 17.0 Å². The first-order chi connectivity index (χ1) is 7.00. The van der Waals surface area contributed by atoms with Crippen molar-refractivity contribution in [3.63, 3.8) is 0 Å². The van der Waals surface area contributed by atoms with E-state index >= 15 is 0 Å². The third kappa shape index (κ3) is 3.21. The van der Waals surface area contributed by atoms with Crippen molar-refractivity contribution in [3.05, 3.63) is 33.9 Å². The van der Waals surface area contributed by atoms with Crippen molar-refractivity contribution in [3.8, 4) is 0 Å². The fourth-order valence-corrected chi connectivity index (χ4v) is 1.20. The fourth-order valence-electron chi connectivity index (χ4n) is 1.20. The topological polar surface area (TPSA) is 75.4 Å². The zero-order chi connectivity index (χ0) is 11.4. The van der Waals surface area contributed by atoms with E-state index in [0.717, 1.165) is 5.56 Å². The number of nitrogens with one attached hydrogen (secondary N) is 1. The fraction of sp³-hybridized carbons (Fsp3) is 0.400. The Bertz CT molecular complexity index is 364. The van der Waals surface area contributed by atoms with Gasteiger partial charge < -0.3 is 10.4 Å². The van der Waals surface area contributed by atoms with Gasteiger partial charge in [0.15, 0.2) is 0 Å². The maximum Gasteiger partial charge on any atom is 0.292 e. The van der Waals surface area contributed by atoms with Crippen LogP contribution in [0.1, 0.15) is 12.5 Å². The average Bonchev–Trinajstić information content (AvgIpc) is 2.15. The second-order valence-electron chi connectivity index (χ2n) is 3.51. The number of aryl methyl sites for hydroxylation is 1. The maximum absolute atomic E-state index is 10.7. The van der Waals surface area contributed by atoms with Crippen molar-refractivity contribution in [2.75, 3.05) is 11.9 Å². The van der Waals surface area contributed by atoms with E-state index < -0.39 is 11.0 Å². The quantitative estimate of drug-likeness (QED) is 0.585. The normalized spacial score (nSPS) is 12.2. The lowest BCUT2D eigenvalue weighted by atomic mass is 10.2. The summed E-state index contributed by atoms with van der Waals surface area (Å²) in [7, 11) is 0. The highest BCUT2D eigenvalue weighted by Crippen LogP contribution is 2.24. The minimum absolute atomic E-state index is 0.0376. The number of aliphatic hydroxyl groups excluding tert-OH is 1. The van der Waals surface area contributed by atoms with E-state index in [1.165, 1.54) is 6.07 Å². The van der Waals surface area contributed by atoms with E-state index in [1.807, 2.05) is 0 Å². The summed E-state index contributed by atoms with van der Waals surface area (Å²) in [4.78, 5) is 10.3. The van der Waals surface area contributed by atoms with Crippen LogP contribution >= 0.6 is 0 Å². The molecule has 5 heteroatoms. The molecule has 2 N–H and O–H groups in total. The molecule has 0 saturated carbocycles. The van der Waals surface area contributed by atoms with Gasteiger partial charge >= 0.3 is 0 Å². The first-order valence-electron chi connectivity index (χ1n) is 4.67. The number of aliphatic hydroxyl groups is 1. The second-order valence-corrected chi connectivity index (χ2v) is 3.51. The van der Waals surface area contributed by atoms with Gasteiger partial charge in [0.2, 0.25) is 0 Å². The summed E-state index contributed by atoms with van der Waals surface area (Å²) in [6.07, 6.45) is -0.536. The molecule has 5 nitrogen and oxygen atoms in total. The lowest BCUT2D eigenvalue weighted by Crippen LogP contribution is -2.16. The minimum atomic E-state index is -0.536. The summed E-state index contributed by atoms with van der Waals surface area (Å²) in [6.45, 7) is 3.71. The molecule has 0 radical (unpaired) electrons. The standard InChI is InChI=1S/C10H14N2O3/c1-7-3-4-9(11-6-8(2)13)10(5-7)12(14)15/h3-5,8,11,13H,6H2,1-2H3. The molecule has 1 aromatic rings. The average molecular weight is 210 g/mol. The Morgan fingerprint density at radius 2 is 2.27 bits per heavy atom. The number of nitro benzene ring substituents is 1. The van der Waals surface area contributed by atoms with E-state index in [1.54, 1.807) is 26.0 Å². The molecule has 0 aromatic heterocycles. The molecule has 0 spiro atoms. The minimum Gasteiger partial charge on any atom is -0.392 e. The third-order valence-corrected chi connectivity index (χ3v) is 1.94. The van der Waals surface area contributed by atoms with Gasteiger partial charge in [-0.25, -0.2) is 0 Å². The van der Waals surface area contributed by atoms with Crippen LogP contribution in [0.2, 0.25) is 0 Å². The SMILES string of the molecule is Cc1ccc(NCC(C)O)c([N+](=O)[O-])c1. The zero-order valence-corrected chi connectivity index (χ0v) is 8.73. The zero-order valence-electron chi connectivity index (χ0n) is 8.73. The molecule has 1 aromatic carbocycles. The number of hydrogen-bond acceptors (Lipinski definition) is 4. The van der Waals surface area contributed by atoms with Crippen molar-refractivity contribution in [1.82, 2.24) is 0 Å². The first-order valence-corrected chi connectivity index (χ1v) is 4.67. The molecule has 82 valence electrons. The van der Waals surface area contributed by atoms with Gasteiger partial charge in [-0.05, 0) is 25.5 Å². The molecule has 1 unspecified atom stereocenters. The summed E-state index contributed by atoms with van der Waals surface area (Å²) < 4.78 is 0. The van der Waals surface area contributed by atoms with E-state index in [2.05, 4.69) is 5.32 Å². The molecule has 0 heterocycles. The number of benzene rings is 1. The van der Waals surface area contributed by atoms with E-state index in [4.69, 9.17) is 5.11 Å². The first kappa shape index (κ1) is 11.5. The van der Waals surface area contributed by atoms with Gasteiger partial charge in [-0.2, -0.15) is 0 Å². The highest BCUT2D eigenvalue weighted by molar-refractivity contribution is 5.62. The number of nitrogens with zero attached hydrogens (tertiary/aromatic N) is 1. The van der Waals surface area contributed by atoms with Crippen LogP contribution < -0.4 is 5.32 Å². The predicted octanol–water partition coefficient (Wildman–Crippen LogP) is 1.70. The largest absolute Gasteiger partial charge is 0.392 e. The summed E-state index contributed by atoms with van der Waals surface area (Å²) in [5.41, 5.74) is 1.31. The van der Waals surface area contributed by atoms with Crippen LogP contribution in [-0.2, 0) is 0 Å². The molecule has 15 heavy (non-hydrogen) atoms. The molecular formula is C10H14N2O3. The van der Waals surface area contributed by atoms with Crippen LogP contribution in [-0.4, -0.2) is 22.7 Å². The third-order valence-electron chi connectivity index (χ3n) is 1.94. The van der Waals surface area contributed by atoms with Crippen LogP contribution in [0.5, 0.6) is 0 Å². The molecule has 0 fully saturated rings. The van der Waals surface area contributed by atoms with Crippen LogP contribution in [0.3, 0.4) is 0 Å². The number of rotatable bonds is 4. The van der Waals surface area contributed by atoms with Crippen molar-refractivity contribution in [1.29, 1.82) is 0 Å². The Morgan fingerprint density at radius 1 is 1.60 bits per heavy atom. The Morgan fingerprint density at radius 3 is 2.80 bits per heavy atom. The van der Waals surface area contributed by atoms with Crippen molar-refractivity contribution < 1.29 is 10.0 Å². The number of anilines is 1. The summed E-state index contributed by atoms with van der Waals surface area (Å²) in [5.74, 6) is 0. The summed E-state index contributed by atoms with van der Waals surface area (Å²) >= 11 is 0. The Labute approximate surface area is 87.9 Å². The maximum atomic E-state index is 10.7. The lowest BCUT2D eigenvalue weighted by Gasteiger charge is -2.09. The molecule has 0 aliphatic heterocycles. The van der Waals surface area contributed by atoms with Crippen molar-refractivity contribution in [2.24, 2.45) is 0 Å². The predicted molar refractivity (Wildman–Crippen MR) is 58.0 cm³/mol. The monoisotopic (exact) mass is 210 g/mol. The van der Waals surface area contributed by atoms with E-state index in [0.29, 0.717) is 12.2 Å². The molecule has 0 amide bonds. The van der Waals surface area contributed by atoms with Gasteiger partial charge in [0.25, 0.3) is 5.69 Å². The van der Waals surface area contributed by atoms with Gasteiger partial charge in [0.05, 0.1) is 11.0 Å². The molecule has 0 saturated heterocycles. The molecule has 0 aliphatic carbocycles. The highest BCUT2D eigenvalue weighted by Gasteiger charge is 2.13. The number of hydrogen-bond donors (Lipinski definition) is 2. The van der Waals surface area contributed by atoms with Crippen molar-refractivity contribution in [2.45, 2.75) is 20.0 Å². The van der Waals surface area contributed by atoms with Gasteiger partial charge in [0, 0.05) is 12.6 Å². The van der Waals surface area contributed by atoms with E-state index in [9.17, 15) is 10.1 Å². The molecule has 0 aliphatic rings. The molecule has 0 bridgehead atoms. The van der Waals surface area contributed by atoms with Gasteiger partial charge in [-0.1, -0.05) is 6.07 Å². The van der Waals surface area contributed by atoms with Crippen molar-refractivity contribution >= 4 is 11.4 Å². The number of nitro groups is 1. The Kier molecular flexibility index (Phi) is 3.62. The van der Waals surface area contributed by atoms with E-state index in [-0.39, 0.29) is 5.69 Å².